The van der Waals surface area contributed by atoms with E-state index in [1.165, 1.54) is 0 Å². The maximum Gasteiger partial charge on any atom is 0.303 e. The predicted octanol–water partition coefficient (Wildman–Crippen LogP) is 0.614. The standard InChI is InChI=1S/C13H22N2O4/c1-13(2,8-11(17)18)7-10(16)15-6-4-5-9(15)12(19)14-3/h9H,4-8H2,1-3H3,(H,14,19)(H,17,18). The average Bonchev–Trinajstić information content (AvgIpc) is 2.74. The highest BCUT2D eigenvalue weighted by atomic mass is 16.4. The molecule has 0 aromatic rings. The molecule has 1 saturated heterocycles. The Hall–Kier alpha value is -1.59. The van der Waals surface area contributed by atoms with E-state index in [4.69, 9.17) is 5.11 Å². The Kier molecular flexibility index (Phi) is 4.91. The van der Waals surface area contributed by atoms with Crippen molar-refractivity contribution in [3.05, 3.63) is 0 Å². The molecule has 19 heavy (non-hydrogen) atoms. The summed E-state index contributed by atoms with van der Waals surface area (Å²) in [5.74, 6) is -1.21. The van der Waals surface area contributed by atoms with Crippen molar-refractivity contribution in [1.82, 2.24) is 10.2 Å². The van der Waals surface area contributed by atoms with Crippen LogP contribution in [0.1, 0.15) is 39.5 Å². The molecular formula is C13H22N2O4. The second kappa shape index (κ2) is 6.04. The third-order valence-corrected chi connectivity index (χ3v) is 3.38. The number of hydrogen-bond donors (Lipinski definition) is 2. The normalized spacial score (nSPS) is 19.3. The summed E-state index contributed by atoms with van der Waals surface area (Å²) in [6.45, 7) is 4.08. The van der Waals surface area contributed by atoms with E-state index in [0.29, 0.717) is 13.0 Å². The first-order valence-electron chi connectivity index (χ1n) is 6.50. The van der Waals surface area contributed by atoms with Crippen molar-refractivity contribution in [2.75, 3.05) is 13.6 Å². The van der Waals surface area contributed by atoms with Gasteiger partial charge < -0.3 is 15.3 Å². The van der Waals surface area contributed by atoms with E-state index in [2.05, 4.69) is 5.32 Å². The molecule has 2 N–H and O–H groups in total. The lowest BCUT2D eigenvalue weighted by Gasteiger charge is -2.28. The highest BCUT2D eigenvalue weighted by Gasteiger charge is 2.36. The lowest BCUT2D eigenvalue weighted by Crippen LogP contribution is -2.46. The number of likely N-dealkylation sites (tertiary alicyclic amines) is 1. The van der Waals surface area contributed by atoms with Crippen molar-refractivity contribution in [1.29, 1.82) is 0 Å². The summed E-state index contributed by atoms with van der Waals surface area (Å²) in [5.41, 5.74) is -0.598. The van der Waals surface area contributed by atoms with Gasteiger partial charge in [0, 0.05) is 20.0 Å². The summed E-state index contributed by atoms with van der Waals surface area (Å²) < 4.78 is 0. The Bertz CT molecular complexity index is 379. The minimum atomic E-state index is -0.915. The molecule has 1 aliphatic heterocycles. The first kappa shape index (κ1) is 15.5. The molecule has 2 amide bonds. The van der Waals surface area contributed by atoms with Crippen LogP contribution in [0.25, 0.3) is 0 Å². The summed E-state index contributed by atoms with van der Waals surface area (Å²) >= 11 is 0. The molecule has 1 fully saturated rings. The van der Waals surface area contributed by atoms with Crippen LogP contribution in [0.5, 0.6) is 0 Å². The smallest absolute Gasteiger partial charge is 0.303 e. The largest absolute Gasteiger partial charge is 0.481 e. The van der Waals surface area contributed by atoms with Gasteiger partial charge in [-0.2, -0.15) is 0 Å². The molecule has 0 radical (unpaired) electrons. The van der Waals surface area contributed by atoms with Crippen LogP contribution < -0.4 is 5.32 Å². The number of nitrogens with one attached hydrogen (secondary N) is 1. The minimum absolute atomic E-state index is 0.0583. The maximum atomic E-state index is 12.2. The Labute approximate surface area is 113 Å². The van der Waals surface area contributed by atoms with E-state index in [9.17, 15) is 14.4 Å². The highest BCUT2D eigenvalue weighted by molar-refractivity contribution is 5.88. The van der Waals surface area contributed by atoms with Gasteiger partial charge in [-0.1, -0.05) is 13.8 Å². The van der Waals surface area contributed by atoms with Gasteiger partial charge in [0.05, 0.1) is 6.42 Å². The van der Waals surface area contributed by atoms with Gasteiger partial charge in [-0.3, -0.25) is 14.4 Å². The molecule has 0 saturated carbocycles. The van der Waals surface area contributed by atoms with Gasteiger partial charge in [0.15, 0.2) is 0 Å². The number of nitrogens with zero attached hydrogens (tertiary/aromatic N) is 1. The fraction of sp³-hybridized carbons (Fsp3) is 0.769. The van der Waals surface area contributed by atoms with Crippen molar-refractivity contribution >= 4 is 17.8 Å². The van der Waals surface area contributed by atoms with Crippen LogP contribution in [0.3, 0.4) is 0 Å². The summed E-state index contributed by atoms with van der Waals surface area (Å²) in [4.78, 5) is 36.2. The van der Waals surface area contributed by atoms with Crippen molar-refractivity contribution < 1.29 is 19.5 Å². The number of aliphatic carboxylic acids is 1. The monoisotopic (exact) mass is 270 g/mol. The van der Waals surface area contributed by atoms with Crippen molar-refractivity contribution in [3.8, 4) is 0 Å². The zero-order valence-corrected chi connectivity index (χ0v) is 11.7. The fourth-order valence-electron chi connectivity index (χ4n) is 2.49. The molecule has 0 aliphatic carbocycles. The molecule has 0 aromatic heterocycles. The quantitative estimate of drug-likeness (QED) is 0.766. The molecule has 0 bridgehead atoms. The average molecular weight is 270 g/mol. The lowest BCUT2D eigenvalue weighted by atomic mass is 9.85. The number of likely N-dealkylation sites (N-methyl/N-ethyl adjacent to an activating group) is 1. The van der Waals surface area contributed by atoms with Crippen molar-refractivity contribution in [3.63, 3.8) is 0 Å². The SMILES string of the molecule is CNC(=O)C1CCCN1C(=O)CC(C)(C)CC(=O)O. The molecule has 1 heterocycles. The number of carbonyl (C=O) groups is 3. The predicted molar refractivity (Wildman–Crippen MR) is 69.5 cm³/mol. The zero-order chi connectivity index (χ0) is 14.6. The summed E-state index contributed by atoms with van der Waals surface area (Å²) in [6, 6.07) is -0.405. The van der Waals surface area contributed by atoms with Crippen LogP contribution >= 0.6 is 0 Å². The van der Waals surface area contributed by atoms with Crippen molar-refractivity contribution in [2.45, 2.75) is 45.6 Å². The maximum absolute atomic E-state index is 12.2. The number of carbonyl (C=O) groups excluding carboxylic acids is 2. The number of amides is 2. The third-order valence-electron chi connectivity index (χ3n) is 3.38. The van der Waals surface area contributed by atoms with Crippen molar-refractivity contribution in [2.24, 2.45) is 5.41 Å². The zero-order valence-electron chi connectivity index (χ0n) is 11.7. The first-order chi connectivity index (χ1) is 8.76. The van der Waals surface area contributed by atoms with Crippen LogP contribution in [-0.2, 0) is 14.4 Å². The lowest BCUT2D eigenvalue weighted by molar-refractivity contribution is -0.143. The van der Waals surface area contributed by atoms with Gasteiger partial charge in [-0.05, 0) is 18.3 Å². The van der Waals surface area contributed by atoms with E-state index in [-0.39, 0.29) is 24.7 Å². The Morgan fingerprint density at radius 2 is 1.95 bits per heavy atom. The molecule has 1 atom stereocenters. The molecule has 6 heteroatoms. The molecule has 1 rings (SSSR count). The number of rotatable bonds is 5. The minimum Gasteiger partial charge on any atom is -0.481 e. The third kappa shape index (κ3) is 4.22. The van der Waals surface area contributed by atoms with E-state index in [1.54, 1.807) is 25.8 Å². The van der Waals surface area contributed by atoms with Crippen LogP contribution in [0.4, 0.5) is 0 Å². The summed E-state index contributed by atoms with van der Waals surface area (Å²) in [5, 5.41) is 11.4. The second-order valence-electron chi connectivity index (χ2n) is 5.77. The van der Waals surface area contributed by atoms with Gasteiger partial charge in [0.25, 0.3) is 0 Å². The molecule has 1 unspecified atom stereocenters. The molecule has 108 valence electrons. The topological polar surface area (TPSA) is 86.7 Å². The fourth-order valence-corrected chi connectivity index (χ4v) is 2.49. The van der Waals surface area contributed by atoms with E-state index >= 15 is 0 Å². The number of hydrogen-bond acceptors (Lipinski definition) is 3. The van der Waals surface area contributed by atoms with E-state index < -0.39 is 17.4 Å². The van der Waals surface area contributed by atoms with Gasteiger partial charge in [0.1, 0.15) is 6.04 Å². The van der Waals surface area contributed by atoms with Crippen LogP contribution in [0.15, 0.2) is 0 Å². The Morgan fingerprint density at radius 3 is 2.47 bits per heavy atom. The Balaban J connectivity index is 2.67. The van der Waals surface area contributed by atoms with Crippen LogP contribution in [0.2, 0.25) is 0 Å². The van der Waals surface area contributed by atoms with Crippen LogP contribution in [0, 0.1) is 5.41 Å². The van der Waals surface area contributed by atoms with Crippen LogP contribution in [-0.4, -0.2) is 47.4 Å². The molecule has 0 aromatic carbocycles. The van der Waals surface area contributed by atoms with Gasteiger partial charge in [-0.25, -0.2) is 0 Å². The molecule has 6 nitrogen and oxygen atoms in total. The number of carboxylic acids is 1. The van der Waals surface area contributed by atoms with Gasteiger partial charge >= 0.3 is 5.97 Å². The second-order valence-corrected chi connectivity index (χ2v) is 5.77. The summed E-state index contributed by atoms with van der Waals surface area (Å²) in [7, 11) is 1.55. The Morgan fingerprint density at radius 1 is 1.32 bits per heavy atom. The highest BCUT2D eigenvalue weighted by Crippen LogP contribution is 2.28. The molecule has 0 spiro atoms. The van der Waals surface area contributed by atoms with E-state index in [1.807, 2.05) is 0 Å². The molecule has 1 aliphatic rings. The summed E-state index contributed by atoms with van der Waals surface area (Å²) in [6.07, 6.45) is 1.57. The first-order valence-corrected chi connectivity index (χ1v) is 6.50. The van der Waals surface area contributed by atoms with Gasteiger partial charge in [0.2, 0.25) is 11.8 Å². The molecular weight excluding hydrogens is 248 g/mol. The number of carboxylic acid groups (broad SMARTS) is 1. The van der Waals surface area contributed by atoms with E-state index in [0.717, 1.165) is 6.42 Å². The van der Waals surface area contributed by atoms with Gasteiger partial charge in [-0.15, -0.1) is 0 Å².